The summed E-state index contributed by atoms with van der Waals surface area (Å²) < 4.78 is 43.6. The fourth-order valence-electron chi connectivity index (χ4n) is 5.75. The molecule has 4 rings (SSSR count). The van der Waals surface area contributed by atoms with Crippen molar-refractivity contribution >= 4 is 11.9 Å². The fraction of sp³-hybridized carbons (Fsp3) is 0.552. The Bertz CT molecular complexity index is 1130. The van der Waals surface area contributed by atoms with Crippen molar-refractivity contribution in [3.63, 3.8) is 0 Å². The van der Waals surface area contributed by atoms with Crippen LogP contribution in [0, 0.1) is 17.8 Å². The zero-order valence-corrected chi connectivity index (χ0v) is 22.2. The van der Waals surface area contributed by atoms with Crippen LogP contribution in [0.1, 0.15) is 84.7 Å². The van der Waals surface area contributed by atoms with Crippen molar-refractivity contribution < 1.29 is 27.5 Å². The molecule has 1 atom stereocenters. The Balaban J connectivity index is 1.35. The largest absolute Gasteiger partial charge is 0.469 e. The van der Waals surface area contributed by atoms with E-state index >= 15 is 0 Å². The molecule has 38 heavy (non-hydrogen) atoms. The molecule has 2 aromatic rings. The molecule has 0 radical (unpaired) electrons. The van der Waals surface area contributed by atoms with E-state index in [0.29, 0.717) is 43.5 Å². The Kier molecular flexibility index (Phi) is 8.75. The second kappa shape index (κ2) is 11.8. The van der Waals surface area contributed by atoms with Gasteiger partial charge in [0.05, 0.1) is 30.0 Å². The summed E-state index contributed by atoms with van der Waals surface area (Å²) in [4.78, 5) is 31.3. The molecule has 1 fully saturated rings. The lowest BCUT2D eigenvalue weighted by Crippen LogP contribution is -2.31. The lowest BCUT2D eigenvalue weighted by Gasteiger charge is -2.28. The van der Waals surface area contributed by atoms with Crippen LogP contribution in [-0.4, -0.2) is 35.4 Å². The molecule has 2 heterocycles. The molecule has 9 heteroatoms. The van der Waals surface area contributed by atoms with Crippen molar-refractivity contribution in [1.82, 2.24) is 15.2 Å². The molecule has 1 aliphatic carbocycles. The van der Waals surface area contributed by atoms with E-state index in [1.54, 1.807) is 6.20 Å². The smallest absolute Gasteiger partial charge is 0.416 e. The Morgan fingerprint density at radius 3 is 2.37 bits per heavy atom. The van der Waals surface area contributed by atoms with Crippen LogP contribution < -0.4 is 5.32 Å². The number of carbonyl (C=O) groups excluding carboxylic acids is 2. The highest BCUT2D eigenvalue weighted by molar-refractivity contribution is 5.94. The minimum absolute atomic E-state index is 0.0181. The summed E-state index contributed by atoms with van der Waals surface area (Å²) in [6, 6.07) is 7.21. The Labute approximate surface area is 222 Å². The van der Waals surface area contributed by atoms with Gasteiger partial charge >= 0.3 is 12.1 Å². The van der Waals surface area contributed by atoms with Crippen LogP contribution in [0.15, 0.2) is 36.5 Å². The highest BCUT2D eigenvalue weighted by Gasteiger charge is 2.35. The maximum Gasteiger partial charge on any atom is 0.416 e. The average Bonchev–Trinajstić information content (AvgIpc) is 3.25. The van der Waals surface area contributed by atoms with Crippen LogP contribution in [0.3, 0.4) is 0 Å². The first-order chi connectivity index (χ1) is 18.0. The molecule has 206 valence electrons. The summed E-state index contributed by atoms with van der Waals surface area (Å²) in [5.41, 5.74) is 2.56. The first-order valence-electron chi connectivity index (χ1n) is 13.3. The maximum atomic E-state index is 12.9. The zero-order valence-electron chi connectivity index (χ0n) is 22.2. The molecule has 0 spiro atoms. The highest BCUT2D eigenvalue weighted by Crippen LogP contribution is 2.39. The second-order valence-electron chi connectivity index (χ2n) is 10.9. The standard InChI is InChI=1S/C29H36F3N3O3/c1-18(2)27-26-23(17-35(27)16-21-8-10-24(11-9-21)29(30,31)32)13-22(15-33-26)28(37)34-14-20-6-4-19(5-7-20)12-25(36)38-3/h8-11,13,15,18-20,27H,4-7,12,14,16-17H2,1-3H3,(H,34,37). The van der Waals surface area contributed by atoms with Crippen LogP contribution in [-0.2, 0) is 28.8 Å². The number of methoxy groups -OCH3 is 1. The van der Waals surface area contributed by atoms with Gasteiger partial charge in [-0.1, -0.05) is 26.0 Å². The normalized spacial score (nSPS) is 21.8. The quantitative estimate of drug-likeness (QED) is 0.429. The van der Waals surface area contributed by atoms with Gasteiger partial charge in [-0.05, 0) is 72.8 Å². The molecule has 0 bridgehead atoms. The number of aromatic nitrogens is 1. The molecule has 1 amide bonds. The molecule has 0 saturated heterocycles. The van der Waals surface area contributed by atoms with Gasteiger partial charge < -0.3 is 10.1 Å². The lowest BCUT2D eigenvalue weighted by molar-refractivity contribution is -0.142. The van der Waals surface area contributed by atoms with Gasteiger partial charge in [0.15, 0.2) is 0 Å². The number of carbonyl (C=O) groups is 2. The number of halogens is 3. The third-order valence-electron chi connectivity index (χ3n) is 7.81. The summed E-state index contributed by atoms with van der Waals surface area (Å²) in [5.74, 6) is 0.671. The van der Waals surface area contributed by atoms with Gasteiger partial charge in [-0.2, -0.15) is 13.2 Å². The van der Waals surface area contributed by atoms with Crippen LogP contribution in [0.25, 0.3) is 0 Å². The SMILES string of the molecule is COC(=O)CC1CCC(CNC(=O)c2cnc3c(c2)CN(Cc2ccc(C(F)(F)F)cc2)C3C(C)C)CC1. The van der Waals surface area contributed by atoms with Crippen molar-refractivity contribution in [3.8, 4) is 0 Å². The third-order valence-corrected chi connectivity index (χ3v) is 7.81. The summed E-state index contributed by atoms with van der Waals surface area (Å²) >= 11 is 0. The molecule has 6 nitrogen and oxygen atoms in total. The van der Waals surface area contributed by atoms with E-state index < -0.39 is 11.7 Å². The summed E-state index contributed by atoms with van der Waals surface area (Å²) in [6.45, 7) is 5.87. The predicted octanol–water partition coefficient (Wildman–Crippen LogP) is 5.91. The Morgan fingerprint density at radius 2 is 1.76 bits per heavy atom. The molecule has 1 aromatic carbocycles. The number of benzene rings is 1. The number of rotatable bonds is 8. The van der Waals surface area contributed by atoms with Gasteiger partial charge in [-0.25, -0.2) is 0 Å². The van der Waals surface area contributed by atoms with Crippen molar-refractivity contribution in [2.24, 2.45) is 17.8 Å². The third kappa shape index (κ3) is 6.73. The molecule has 1 unspecified atom stereocenters. The summed E-state index contributed by atoms with van der Waals surface area (Å²) in [7, 11) is 1.41. The number of nitrogens with one attached hydrogen (secondary N) is 1. The summed E-state index contributed by atoms with van der Waals surface area (Å²) in [6.07, 6.45) is 1.59. The van der Waals surface area contributed by atoms with Gasteiger partial charge in [-0.15, -0.1) is 0 Å². The molecule has 1 saturated carbocycles. The maximum absolute atomic E-state index is 12.9. The minimum Gasteiger partial charge on any atom is -0.469 e. The van der Waals surface area contributed by atoms with Crippen LogP contribution in [0.2, 0.25) is 0 Å². The van der Waals surface area contributed by atoms with E-state index in [1.165, 1.54) is 19.2 Å². The van der Waals surface area contributed by atoms with Gasteiger partial charge in [0.25, 0.3) is 5.91 Å². The molecular formula is C29H36F3N3O3. The van der Waals surface area contributed by atoms with E-state index in [-0.39, 0.29) is 23.8 Å². The number of esters is 1. The van der Waals surface area contributed by atoms with E-state index in [2.05, 4.69) is 29.0 Å². The Morgan fingerprint density at radius 1 is 1.11 bits per heavy atom. The van der Waals surface area contributed by atoms with Crippen molar-refractivity contribution in [1.29, 1.82) is 0 Å². The average molecular weight is 532 g/mol. The number of hydrogen-bond donors (Lipinski definition) is 1. The first kappa shape index (κ1) is 28.1. The number of ether oxygens (including phenoxy) is 1. The number of amides is 1. The first-order valence-corrected chi connectivity index (χ1v) is 13.3. The highest BCUT2D eigenvalue weighted by atomic mass is 19.4. The monoisotopic (exact) mass is 531 g/mol. The van der Waals surface area contributed by atoms with Crippen molar-refractivity contribution in [2.75, 3.05) is 13.7 Å². The van der Waals surface area contributed by atoms with E-state index in [1.807, 2.05) is 6.07 Å². The summed E-state index contributed by atoms with van der Waals surface area (Å²) in [5, 5.41) is 3.05. The molecule has 1 N–H and O–H groups in total. The van der Waals surface area contributed by atoms with E-state index in [0.717, 1.165) is 54.6 Å². The van der Waals surface area contributed by atoms with Gasteiger partial charge in [-0.3, -0.25) is 19.5 Å². The van der Waals surface area contributed by atoms with E-state index in [9.17, 15) is 22.8 Å². The van der Waals surface area contributed by atoms with E-state index in [4.69, 9.17) is 4.74 Å². The predicted molar refractivity (Wildman–Crippen MR) is 137 cm³/mol. The number of fused-ring (bicyclic) bond motifs is 1. The van der Waals surface area contributed by atoms with Crippen LogP contribution in [0.4, 0.5) is 13.2 Å². The molecule has 1 aliphatic heterocycles. The fourth-order valence-corrected chi connectivity index (χ4v) is 5.75. The minimum atomic E-state index is -4.35. The second-order valence-corrected chi connectivity index (χ2v) is 10.9. The topological polar surface area (TPSA) is 71.5 Å². The molecule has 2 aliphatic rings. The molecular weight excluding hydrogens is 495 g/mol. The number of nitrogens with zero attached hydrogens (tertiary/aromatic N) is 2. The lowest BCUT2D eigenvalue weighted by atomic mass is 9.80. The molecule has 1 aromatic heterocycles. The number of pyridine rings is 1. The van der Waals surface area contributed by atoms with Gasteiger partial charge in [0.1, 0.15) is 0 Å². The van der Waals surface area contributed by atoms with Crippen LogP contribution in [0.5, 0.6) is 0 Å². The van der Waals surface area contributed by atoms with Gasteiger partial charge in [0, 0.05) is 32.3 Å². The zero-order chi connectivity index (χ0) is 27.4. The number of hydrogen-bond acceptors (Lipinski definition) is 5. The Hall–Kier alpha value is -2.94. The van der Waals surface area contributed by atoms with Crippen molar-refractivity contribution in [3.05, 3.63) is 64.5 Å². The van der Waals surface area contributed by atoms with Crippen molar-refractivity contribution in [2.45, 2.75) is 71.3 Å². The van der Waals surface area contributed by atoms with Crippen LogP contribution >= 0.6 is 0 Å². The van der Waals surface area contributed by atoms with Gasteiger partial charge in [0.2, 0.25) is 0 Å². The number of alkyl halides is 3.